The molecule has 7 heteroatoms. The fourth-order valence-corrected chi connectivity index (χ4v) is 3.79. The molecule has 0 N–H and O–H groups in total. The zero-order valence-corrected chi connectivity index (χ0v) is 11.1. The Morgan fingerprint density at radius 2 is 2.17 bits per heavy atom. The highest BCUT2D eigenvalue weighted by molar-refractivity contribution is 7.94. The number of hydrogen-bond donors (Lipinski definition) is 0. The molecule has 0 bridgehead atoms. The number of nitriles is 1. The van der Waals surface area contributed by atoms with Crippen LogP contribution in [0.2, 0.25) is 0 Å². The second-order valence-electron chi connectivity index (χ2n) is 3.41. The number of pyridine rings is 1. The Kier molecular flexibility index (Phi) is 3.32. The van der Waals surface area contributed by atoms with Gasteiger partial charge in [0.1, 0.15) is 15.2 Å². The van der Waals surface area contributed by atoms with Gasteiger partial charge in [0, 0.05) is 13.2 Å². The van der Waals surface area contributed by atoms with Crippen LogP contribution < -0.4 is 4.31 Å². The van der Waals surface area contributed by atoms with Crippen molar-refractivity contribution >= 4 is 27.0 Å². The van der Waals surface area contributed by atoms with Gasteiger partial charge in [-0.3, -0.25) is 9.29 Å². The molecule has 0 aromatic carbocycles. The van der Waals surface area contributed by atoms with E-state index in [1.165, 1.54) is 25.4 Å². The Morgan fingerprint density at radius 3 is 2.72 bits per heavy atom. The van der Waals surface area contributed by atoms with Gasteiger partial charge < -0.3 is 0 Å². The van der Waals surface area contributed by atoms with Crippen LogP contribution in [-0.4, -0.2) is 20.4 Å². The summed E-state index contributed by atoms with van der Waals surface area (Å²) in [5, 5.41) is 8.71. The minimum atomic E-state index is -3.62. The Balaban J connectivity index is 2.41. The molecule has 0 aliphatic rings. The average molecular weight is 279 g/mol. The first kappa shape index (κ1) is 12.5. The summed E-state index contributed by atoms with van der Waals surface area (Å²) in [5.41, 5.74) is 0.476. The molecule has 0 aliphatic carbocycles. The van der Waals surface area contributed by atoms with Crippen molar-refractivity contribution in [2.45, 2.75) is 4.21 Å². The maximum absolute atomic E-state index is 12.3. The lowest BCUT2D eigenvalue weighted by molar-refractivity contribution is 0.596. The number of sulfonamides is 1. The van der Waals surface area contributed by atoms with Crippen LogP contribution >= 0.6 is 11.3 Å². The third kappa shape index (κ3) is 2.20. The summed E-state index contributed by atoms with van der Waals surface area (Å²) in [6.07, 6.45) is 3.04. The molecular formula is C11H9N3O2S2. The van der Waals surface area contributed by atoms with Crippen molar-refractivity contribution in [1.82, 2.24) is 4.98 Å². The van der Waals surface area contributed by atoms with E-state index in [4.69, 9.17) is 5.26 Å². The molecule has 0 radical (unpaired) electrons. The van der Waals surface area contributed by atoms with E-state index in [9.17, 15) is 8.42 Å². The lowest BCUT2D eigenvalue weighted by Crippen LogP contribution is -2.25. The zero-order chi connectivity index (χ0) is 13.2. The van der Waals surface area contributed by atoms with Crippen LogP contribution in [0.5, 0.6) is 0 Å². The number of aromatic nitrogens is 1. The van der Waals surface area contributed by atoms with E-state index < -0.39 is 10.0 Å². The van der Waals surface area contributed by atoms with Crippen molar-refractivity contribution in [2.24, 2.45) is 0 Å². The fraction of sp³-hybridized carbons (Fsp3) is 0.0909. The standard InChI is InChI=1S/C11H9N3O2S2/c1-14(9-3-2-6-13-8-9)18(15,16)11-5-4-10(7-12)17-11/h2-6,8H,1H3. The van der Waals surface area contributed by atoms with Gasteiger partial charge in [0.15, 0.2) is 0 Å². The van der Waals surface area contributed by atoms with Gasteiger partial charge in [0.05, 0.1) is 11.9 Å². The van der Waals surface area contributed by atoms with Gasteiger partial charge in [0.25, 0.3) is 10.0 Å². The minimum Gasteiger partial charge on any atom is -0.267 e. The first-order valence-corrected chi connectivity index (χ1v) is 7.20. The van der Waals surface area contributed by atoms with Gasteiger partial charge in [0.2, 0.25) is 0 Å². The predicted molar refractivity (Wildman–Crippen MR) is 68.9 cm³/mol. The molecule has 2 aromatic heterocycles. The largest absolute Gasteiger partial charge is 0.273 e. The van der Waals surface area contributed by atoms with Crippen LogP contribution in [0, 0.1) is 11.3 Å². The third-order valence-electron chi connectivity index (χ3n) is 2.32. The predicted octanol–water partition coefficient (Wildman–Crippen LogP) is 1.84. The fourth-order valence-electron chi connectivity index (χ4n) is 1.33. The second-order valence-corrected chi connectivity index (χ2v) is 6.69. The van der Waals surface area contributed by atoms with E-state index in [0.29, 0.717) is 10.6 Å². The molecular weight excluding hydrogens is 270 g/mol. The zero-order valence-electron chi connectivity index (χ0n) is 9.44. The normalized spacial score (nSPS) is 10.9. The van der Waals surface area contributed by atoms with Crippen molar-refractivity contribution < 1.29 is 8.42 Å². The molecule has 92 valence electrons. The van der Waals surface area contributed by atoms with Crippen LogP contribution in [0.4, 0.5) is 5.69 Å². The van der Waals surface area contributed by atoms with Gasteiger partial charge in [-0.1, -0.05) is 0 Å². The maximum atomic E-state index is 12.3. The number of nitrogens with zero attached hydrogens (tertiary/aromatic N) is 3. The SMILES string of the molecule is CN(c1cccnc1)S(=O)(=O)c1ccc(C#N)s1. The first-order chi connectivity index (χ1) is 8.55. The molecule has 0 saturated carbocycles. The second kappa shape index (κ2) is 4.76. The van der Waals surface area contributed by atoms with E-state index >= 15 is 0 Å². The summed E-state index contributed by atoms with van der Waals surface area (Å²) in [6, 6.07) is 8.17. The first-order valence-electron chi connectivity index (χ1n) is 4.94. The highest BCUT2D eigenvalue weighted by Gasteiger charge is 2.23. The van der Waals surface area contributed by atoms with Crippen molar-refractivity contribution in [1.29, 1.82) is 5.26 Å². The van der Waals surface area contributed by atoms with Gasteiger partial charge >= 0.3 is 0 Å². The highest BCUT2D eigenvalue weighted by Crippen LogP contribution is 2.26. The summed E-state index contributed by atoms with van der Waals surface area (Å²) in [5.74, 6) is 0. The number of anilines is 1. The van der Waals surface area contributed by atoms with Crippen LogP contribution in [0.1, 0.15) is 4.88 Å². The average Bonchev–Trinajstić information content (AvgIpc) is 2.88. The number of thiophene rings is 1. The monoisotopic (exact) mass is 279 g/mol. The number of rotatable bonds is 3. The quantitative estimate of drug-likeness (QED) is 0.859. The highest BCUT2D eigenvalue weighted by atomic mass is 32.2. The lowest BCUT2D eigenvalue weighted by atomic mass is 10.4. The molecule has 0 aliphatic heterocycles. The summed E-state index contributed by atoms with van der Waals surface area (Å²) < 4.78 is 25.8. The van der Waals surface area contributed by atoms with Gasteiger partial charge in [-0.2, -0.15) is 5.26 Å². The van der Waals surface area contributed by atoms with Gasteiger partial charge in [-0.25, -0.2) is 8.42 Å². The molecule has 0 unspecified atom stereocenters. The smallest absolute Gasteiger partial charge is 0.267 e. The van der Waals surface area contributed by atoms with Crippen molar-refractivity contribution in [3.05, 3.63) is 41.5 Å². The molecule has 0 atom stereocenters. The van der Waals surface area contributed by atoms with Gasteiger partial charge in [-0.15, -0.1) is 11.3 Å². The molecule has 2 rings (SSSR count). The summed E-state index contributed by atoms with van der Waals surface area (Å²) in [4.78, 5) is 4.25. The van der Waals surface area contributed by atoms with E-state index in [1.807, 2.05) is 6.07 Å². The molecule has 0 fully saturated rings. The van der Waals surface area contributed by atoms with Crippen molar-refractivity contribution in [3.63, 3.8) is 0 Å². The summed E-state index contributed by atoms with van der Waals surface area (Å²) in [6.45, 7) is 0. The summed E-state index contributed by atoms with van der Waals surface area (Å²) in [7, 11) is -2.16. The molecule has 0 spiro atoms. The Morgan fingerprint density at radius 1 is 1.39 bits per heavy atom. The van der Waals surface area contributed by atoms with Crippen LogP contribution in [0.25, 0.3) is 0 Å². The molecule has 2 aromatic rings. The Labute approximate surface area is 109 Å². The maximum Gasteiger partial charge on any atom is 0.273 e. The molecule has 2 heterocycles. The van der Waals surface area contributed by atoms with E-state index in [-0.39, 0.29) is 4.21 Å². The molecule has 0 amide bonds. The Bertz CT molecular complexity index is 687. The topological polar surface area (TPSA) is 74.1 Å². The van der Waals surface area contributed by atoms with Crippen LogP contribution in [0.15, 0.2) is 40.9 Å². The third-order valence-corrected chi connectivity index (χ3v) is 5.56. The van der Waals surface area contributed by atoms with E-state index in [0.717, 1.165) is 15.6 Å². The van der Waals surface area contributed by atoms with Crippen LogP contribution in [-0.2, 0) is 10.0 Å². The van der Waals surface area contributed by atoms with E-state index in [1.54, 1.807) is 18.3 Å². The van der Waals surface area contributed by atoms with Crippen molar-refractivity contribution in [2.75, 3.05) is 11.4 Å². The Hall–Kier alpha value is -1.91. The minimum absolute atomic E-state index is 0.144. The number of hydrogen-bond acceptors (Lipinski definition) is 5. The van der Waals surface area contributed by atoms with Crippen molar-refractivity contribution in [3.8, 4) is 6.07 Å². The van der Waals surface area contributed by atoms with Crippen LogP contribution in [0.3, 0.4) is 0 Å². The molecule has 0 saturated heterocycles. The molecule has 18 heavy (non-hydrogen) atoms. The van der Waals surface area contributed by atoms with E-state index in [2.05, 4.69) is 4.98 Å². The van der Waals surface area contributed by atoms with Gasteiger partial charge in [-0.05, 0) is 24.3 Å². The lowest BCUT2D eigenvalue weighted by Gasteiger charge is -2.17. The summed E-state index contributed by atoms with van der Waals surface area (Å²) >= 11 is 0.952. The molecule has 5 nitrogen and oxygen atoms in total.